The van der Waals surface area contributed by atoms with E-state index in [1.54, 1.807) is 0 Å². The summed E-state index contributed by atoms with van der Waals surface area (Å²) in [6.07, 6.45) is 2.60. The van der Waals surface area contributed by atoms with Crippen LogP contribution < -0.4 is 10.2 Å². The Labute approximate surface area is 111 Å². The second-order valence-corrected chi connectivity index (χ2v) is 5.49. The molecule has 0 bridgehead atoms. The van der Waals surface area contributed by atoms with Crippen LogP contribution >= 0.6 is 15.9 Å². The minimum absolute atomic E-state index is 0.183. The van der Waals surface area contributed by atoms with Gasteiger partial charge in [0.2, 0.25) is 0 Å². The molecule has 0 spiro atoms. The Morgan fingerprint density at radius 3 is 2.88 bits per heavy atom. The number of rotatable bonds is 6. The SMILES string of the molecule is CN(CCO)c1ccc(Br)cc1CNC1CC1. The van der Waals surface area contributed by atoms with Gasteiger partial charge in [-0.25, -0.2) is 0 Å². The maximum Gasteiger partial charge on any atom is 0.0606 e. The molecule has 0 saturated heterocycles. The van der Waals surface area contributed by atoms with Gasteiger partial charge in [-0.2, -0.15) is 0 Å². The van der Waals surface area contributed by atoms with Gasteiger partial charge in [0.15, 0.2) is 0 Å². The molecule has 17 heavy (non-hydrogen) atoms. The number of likely N-dealkylation sites (N-methyl/N-ethyl adjacent to an activating group) is 1. The van der Waals surface area contributed by atoms with Crippen molar-refractivity contribution in [1.29, 1.82) is 0 Å². The third-order valence-electron chi connectivity index (χ3n) is 3.05. The standard InChI is InChI=1S/C13H19BrN2O/c1-16(6-7-17)13-5-2-11(14)8-10(13)9-15-12-3-4-12/h2,5,8,12,15,17H,3-4,6-7,9H2,1H3. The minimum atomic E-state index is 0.183. The van der Waals surface area contributed by atoms with E-state index in [2.05, 4.69) is 38.3 Å². The Morgan fingerprint density at radius 1 is 1.47 bits per heavy atom. The summed E-state index contributed by atoms with van der Waals surface area (Å²) in [5.74, 6) is 0. The van der Waals surface area contributed by atoms with Crippen LogP contribution in [0, 0.1) is 0 Å². The van der Waals surface area contributed by atoms with E-state index in [9.17, 15) is 0 Å². The molecule has 0 unspecified atom stereocenters. The molecule has 1 aromatic carbocycles. The summed E-state index contributed by atoms with van der Waals surface area (Å²) in [6, 6.07) is 7.01. The van der Waals surface area contributed by atoms with E-state index in [0.717, 1.165) is 11.0 Å². The number of anilines is 1. The molecule has 0 aromatic heterocycles. The van der Waals surface area contributed by atoms with Gasteiger partial charge in [-0.3, -0.25) is 0 Å². The molecule has 94 valence electrons. The van der Waals surface area contributed by atoms with Crippen molar-refractivity contribution in [1.82, 2.24) is 5.32 Å². The Kier molecular flexibility index (Phi) is 4.42. The fourth-order valence-corrected chi connectivity index (χ4v) is 2.29. The van der Waals surface area contributed by atoms with Crippen LogP contribution in [-0.4, -0.2) is 31.3 Å². The quantitative estimate of drug-likeness (QED) is 0.845. The van der Waals surface area contributed by atoms with Crippen LogP contribution in [0.25, 0.3) is 0 Å². The van der Waals surface area contributed by atoms with E-state index < -0.39 is 0 Å². The van der Waals surface area contributed by atoms with Crippen molar-refractivity contribution in [3.63, 3.8) is 0 Å². The second-order valence-electron chi connectivity index (χ2n) is 4.57. The Hall–Kier alpha value is -0.580. The van der Waals surface area contributed by atoms with Gasteiger partial charge in [-0.05, 0) is 36.6 Å². The fraction of sp³-hybridized carbons (Fsp3) is 0.538. The van der Waals surface area contributed by atoms with E-state index >= 15 is 0 Å². The lowest BCUT2D eigenvalue weighted by Gasteiger charge is -2.22. The van der Waals surface area contributed by atoms with Crippen LogP contribution in [0.2, 0.25) is 0 Å². The van der Waals surface area contributed by atoms with E-state index in [1.165, 1.54) is 24.1 Å². The Balaban J connectivity index is 2.10. The molecule has 0 aliphatic heterocycles. The van der Waals surface area contributed by atoms with Gasteiger partial charge in [0.1, 0.15) is 0 Å². The van der Waals surface area contributed by atoms with Gasteiger partial charge in [0, 0.05) is 36.3 Å². The fourth-order valence-electron chi connectivity index (χ4n) is 1.88. The molecule has 1 saturated carbocycles. The van der Waals surface area contributed by atoms with E-state index in [4.69, 9.17) is 5.11 Å². The zero-order valence-corrected chi connectivity index (χ0v) is 11.7. The number of halogens is 1. The lowest BCUT2D eigenvalue weighted by Crippen LogP contribution is -2.24. The highest BCUT2D eigenvalue weighted by Crippen LogP contribution is 2.25. The normalized spacial score (nSPS) is 15.0. The Morgan fingerprint density at radius 2 is 2.24 bits per heavy atom. The van der Waals surface area contributed by atoms with Crippen molar-refractivity contribution in [3.05, 3.63) is 28.2 Å². The van der Waals surface area contributed by atoms with Crippen molar-refractivity contribution >= 4 is 21.6 Å². The van der Waals surface area contributed by atoms with Crippen molar-refractivity contribution in [2.45, 2.75) is 25.4 Å². The average molecular weight is 299 g/mol. The summed E-state index contributed by atoms with van der Waals surface area (Å²) in [5, 5.41) is 12.5. The van der Waals surface area contributed by atoms with Crippen LogP contribution in [-0.2, 0) is 6.54 Å². The molecule has 4 heteroatoms. The molecule has 1 fully saturated rings. The van der Waals surface area contributed by atoms with E-state index in [-0.39, 0.29) is 6.61 Å². The Bertz CT molecular complexity index is 380. The molecule has 0 amide bonds. The molecule has 1 aliphatic rings. The molecule has 1 aromatic rings. The topological polar surface area (TPSA) is 35.5 Å². The summed E-state index contributed by atoms with van der Waals surface area (Å²) < 4.78 is 1.10. The molecule has 2 N–H and O–H groups in total. The molecule has 0 radical (unpaired) electrons. The van der Waals surface area contributed by atoms with Crippen LogP contribution in [0.15, 0.2) is 22.7 Å². The number of aliphatic hydroxyl groups excluding tert-OH is 1. The third-order valence-corrected chi connectivity index (χ3v) is 3.54. The van der Waals surface area contributed by atoms with Gasteiger partial charge in [-0.1, -0.05) is 15.9 Å². The maximum absolute atomic E-state index is 9.01. The van der Waals surface area contributed by atoms with Crippen LogP contribution in [0.5, 0.6) is 0 Å². The van der Waals surface area contributed by atoms with Crippen LogP contribution in [0.3, 0.4) is 0 Å². The minimum Gasteiger partial charge on any atom is -0.395 e. The smallest absolute Gasteiger partial charge is 0.0606 e. The molecule has 1 aliphatic carbocycles. The highest BCUT2D eigenvalue weighted by molar-refractivity contribution is 9.10. The number of hydrogen-bond donors (Lipinski definition) is 2. The first-order chi connectivity index (χ1) is 8.20. The van der Waals surface area contributed by atoms with Gasteiger partial charge in [-0.15, -0.1) is 0 Å². The second kappa shape index (κ2) is 5.85. The first-order valence-electron chi connectivity index (χ1n) is 6.04. The van der Waals surface area contributed by atoms with Crippen molar-refractivity contribution in [2.24, 2.45) is 0 Å². The molecule has 0 heterocycles. The molecule has 2 rings (SSSR count). The highest BCUT2D eigenvalue weighted by atomic mass is 79.9. The average Bonchev–Trinajstić information content (AvgIpc) is 3.10. The molecular weight excluding hydrogens is 280 g/mol. The highest BCUT2D eigenvalue weighted by Gasteiger charge is 2.20. The number of hydrogen-bond acceptors (Lipinski definition) is 3. The molecular formula is C13H19BrN2O. The molecule has 0 atom stereocenters. The summed E-state index contributed by atoms with van der Waals surface area (Å²) in [5.41, 5.74) is 2.47. The summed E-state index contributed by atoms with van der Waals surface area (Å²) in [6.45, 7) is 1.75. The summed E-state index contributed by atoms with van der Waals surface area (Å²) in [4.78, 5) is 2.09. The van der Waals surface area contributed by atoms with Gasteiger partial charge < -0.3 is 15.3 Å². The predicted octanol–water partition coefficient (Wildman–Crippen LogP) is 2.13. The van der Waals surface area contributed by atoms with E-state index in [0.29, 0.717) is 12.6 Å². The lowest BCUT2D eigenvalue weighted by molar-refractivity contribution is 0.304. The monoisotopic (exact) mass is 298 g/mol. The maximum atomic E-state index is 9.01. The number of benzene rings is 1. The van der Waals surface area contributed by atoms with Gasteiger partial charge in [0.05, 0.1) is 6.61 Å². The molecule has 3 nitrogen and oxygen atoms in total. The first-order valence-corrected chi connectivity index (χ1v) is 6.84. The van der Waals surface area contributed by atoms with Crippen LogP contribution in [0.4, 0.5) is 5.69 Å². The summed E-state index contributed by atoms with van der Waals surface area (Å²) in [7, 11) is 2.01. The van der Waals surface area contributed by atoms with E-state index in [1.807, 2.05) is 13.1 Å². The third kappa shape index (κ3) is 3.69. The largest absolute Gasteiger partial charge is 0.395 e. The number of nitrogens with one attached hydrogen (secondary N) is 1. The van der Waals surface area contributed by atoms with Crippen LogP contribution in [0.1, 0.15) is 18.4 Å². The zero-order valence-electron chi connectivity index (χ0n) is 10.1. The van der Waals surface area contributed by atoms with Crippen molar-refractivity contribution in [3.8, 4) is 0 Å². The van der Waals surface area contributed by atoms with Crippen molar-refractivity contribution in [2.75, 3.05) is 25.1 Å². The summed E-state index contributed by atoms with van der Waals surface area (Å²) >= 11 is 3.51. The van der Waals surface area contributed by atoms with Gasteiger partial charge >= 0.3 is 0 Å². The predicted molar refractivity (Wildman–Crippen MR) is 74.4 cm³/mol. The zero-order chi connectivity index (χ0) is 12.3. The number of aliphatic hydroxyl groups is 1. The lowest BCUT2D eigenvalue weighted by atomic mass is 10.1. The number of nitrogens with zero attached hydrogens (tertiary/aromatic N) is 1. The van der Waals surface area contributed by atoms with Crippen molar-refractivity contribution < 1.29 is 5.11 Å². The first kappa shape index (κ1) is 12.9. The van der Waals surface area contributed by atoms with Gasteiger partial charge in [0.25, 0.3) is 0 Å².